The number of nitrogens with zero attached hydrogens (tertiary/aromatic N) is 1. The average Bonchev–Trinajstić information content (AvgIpc) is 3.26. The van der Waals surface area contributed by atoms with Crippen molar-refractivity contribution >= 4 is 15.9 Å². The van der Waals surface area contributed by atoms with Gasteiger partial charge in [-0.25, -0.2) is 13.8 Å². The number of pyridine rings is 1. The Morgan fingerprint density at radius 1 is 1.29 bits per heavy atom. The summed E-state index contributed by atoms with van der Waals surface area (Å²) in [7, 11) is 0. The third kappa shape index (κ3) is 3.77. The monoisotopic (exact) mass is 354 g/mol. The normalized spacial score (nSPS) is 14.2. The van der Waals surface area contributed by atoms with E-state index >= 15 is 0 Å². The number of hydrogen-bond acceptors (Lipinski definition) is 3. The van der Waals surface area contributed by atoms with E-state index in [1.807, 2.05) is 0 Å². The minimum absolute atomic E-state index is 0.0602. The first-order valence-corrected chi connectivity index (χ1v) is 7.42. The Kier molecular flexibility index (Phi) is 4.17. The van der Waals surface area contributed by atoms with Gasteiger partial charge in [-0.1, -0.05) is 15.9 Å². The van der Waals surface area contributed by atoms with Gasteiger partial charge in [-0.3, -0.25) is 0 Å². The van der Waals surface area contributed by atoms with E-state index in [9.17, 15) is 8.78 Å². The first kappa shape index (κ1) is 14.4. The molecule has 1 saturated carbocycles. The standard InChI is InChI=1S/C15H13BrF2N2O/c16-10-1-4-14(13(18)6-10)21-15-9(5-11(17)8-20-15)7-19-12-2-3-12/h1,4-6,8,12,19H,2-3,7H2. The molecule has 0 saturated heterocycles. The molecule has 1 fully saturated rings. The zero-order chi connectivity index (χ0) is 14.8. The van der Waals surface area contributed by atoms with Crippen LogP contribution in [0.1, 0.15) is 18.4 Å². The molecule has 1 N–H and O–H groups in total. The van der Waals surface area contributed by atoms with Crippen LogP contribution in [0.5, 0.6) is 11.6 Å². The highest BCUT2D eigenvalue weighted by atomic mass is 79.9. The second kappa shape index (κ2) is 6.07. The molecule has 0 amide bonds. The van der Waals surface area contributed by atoms with E-state index in [0.29, 0.717) is 22.6 Å². The number of benzene rings is 1. The lowest BCUT2D eigenvalue weighted by Crippen LogP contribution is -2.16. The van der Waals surface area contributed by atoms with Crippen LogP contribution in [0.25, 0.3) is 0 Å². The number of halogens is 3. The zero-order valence-electron chi connectivity index (χ0n) is 11.1. The van der Waals surface area contributed by atoms with Gasteiger partial charge in [0, 0.05) is 22.6 Å². The Morgan fingerprint density at radius 2 is 2.10 bits per heavy atom. The predicted octanol–water partition coefficient (Wildman–Crippen LogP) is 4.17. The van der Waals surface area contributed by atoms with Crippen LogP contribution in [0.3, 0.4) is 0 Å². The van der Waals surface area contributed by atoms with Gasteiger partial charge in [-0.15, -0.1) is 0 Å². The molecule has 21 heavy (non-hydrogen) atoms. The van der Waals surface area contributed by atoms with Gasteiger partial charge in [0.1, 0.15) is 5.82 Å². The van der Waals surface area contributed by atoms with Crippen LogP contribution in [-0.2, 0) is 6.54 Å². The summed E-state index contributed by atoms with van der Waals surface area (Å²) in [5, 5.41) is 3.26. The molecule has 3 nitrogen and oxygen atoms in total. The number of hydrogen-bond donors (Lipinski definition) is 1. The van der Waals surface area contributed by atoms with Crippen molar-refractivity contribution in [2.24, 2.45) is 0 Å². The summed E-state index contributed by atoms with van der Waals surface area (Å²) in [5.41, 5.74) is 0.573. The van der Waals surface area contributed by atoms with E-state index in [2.05, 4.69) is 26.2 Å². The molecule has 0 unspecified atom stereocenters. The maximum Gasteiger partial charge on any atom is 0.224 e. The fraction of sp³-hybridized carbons (Fsp3) is 0.267. The van der Waals surface area contributed by atoms with Crippen LogP contribution < -0.4 is 10.1 Å². The minimum Gasteiger partial charge on any atom is -0.436 e. The molecule has 1 heterocycles. The van der Waals surface area contributed by atoms with E-state index in [0.717, 1.165) is 19.0 Å². The second-order valence-electron chi connectivity index (χ2n) is 4.95. The van der Waals surface area contributed by atoms with E-state index in [-0.39, 0.29) is 11.6 Å². The smallest absolute Gasteiger partial charge is 0.224 e. The number of ether oxygens (including phenoxy) is 1. The molecular weight excluding hydrogens is 342 g/mol. The Balaban J connectivity index is 1.82. The highest BCUT2D eigenvalue weighted by Gasteiger charge is 2.21. The summed E-state index contributed by atoms with van der Waals surface area (Å²) in [4.78, 5) is 3.92. The molecule has 2 aromatic rings. The van der Waals surface area contributed by atoms with Crippen LogP contribution in [0, 0.1) is 11.6 Å². The van der Waals surface area contributed by atoms with Crippen LogP contribution in [-0.4, -0.2) is 11.0 Å². The third-order valence-electron chi connectivity index (χ3n) is 3.15. The third-order valence-corrected chi connectivity index (χ3v) is 3.64. The molecule has 3 rings (SSSR count). The summed E-state index contributed by atoms with van der Waals surface area (Å²) in [6, 6.07) is 6.31. The first-order chi connectivity index (χ1) is 10.1. The molecule has 1 aromatic carbocycles. The molecule has 1 aromatic heterocycles. The van der Waals surface area contributed by atoms with Crippen LogP contribution in [0.15, 0.2) is 34.9 Å². The summed E-state index contributed by atoms with van der Waals surface area (Å²) in [5.74, 6) is -0.668. The van der Waals surface area contributed by atoms with Gasteiger partial charge in [-0.2, -0.15) is 0 Å². The zero-order valence-corrected chi connectivity index (χ0v) is 12.7. The summed E-state index contributed by atoms with van der Waals surface area (Å²) in [6.45, 7) is 0.447. The summed E-state index contributed by atoms with van der Waals surface area (Å²) < 4.78 is 33.2. The molecule has 0 aliphatic heterocycles. The Hall–Kier alpha value is -1.53. The van der Waals surface area contributed by atoms with Crippen molar-refractivity contribution < 1.29 is 13.5 Å². The topological polar surface area (TPSA) is 34.1 Å². The number of nitrogens with one attached hydrogen (secondary N) is 1. The van der Waals surface area contributed by atoms with Gasteiger partial charge in [0.15, 0.2) is 11.6 Å². The van der Waals surface area contributed by atoms with Crippen molar-refractivity contribution in [3.63, 3.8) is 0 Å². The van der Waals surface area contributed by atoms with Gasteiger partial charge in [0.25, 0.3) is 0 Å². The maximum atomic E-state index is 13.8. The molecule has 110 valence electrons. The van der Waals surface area contributed by atoms with Gasteiger partial charge < -0.3 is 10.1 Å². The van der Waals surface area contributed by atoms with Crippen molar-refractivity contribution in [3.8, 4) is 11.6 Å². The van der Waals surface area contributed by atoms with Gasteiger partial charge in [-0.05, 0) is 37.1 Å². The van der Waals surface area contributed by atoms with Crippen LogP contribution in [0.2, 0.25) is 0 Å². The second-order valence-corrected chi connectivity index (χ2v) is 5.87. The van der Waals surface area contributed by atoms with Crippen molar-refractivity contribution in [1.82, 2.24) is 10.3 Å². The van der Waals surface area contributed by atoms with Crippen molar-refractivity contribution in [1.29, 1.82) is 0 Å². The van der Waals surface area contributed by atoms with Gasteiger partial charge in [0.05, 0.1) is 6.20 Å². The molecule has 0 bridgehead atoms. The SMILES string of the molecule is Fc1cnc(Oc2ccc(Br)cc2F)c(CNC2CC2)c1. The van der Waals surface area contributed by atoms with Gasteiger partial charge >= 0.3 is 0 Å². The summed E-state index contributed by atoms with van der Waals surface area (Å²) in [6.07, 6.45) is 3.31. The number of aromatic nitrogens is 1. The van der Waals surface area contributed by atoms with E-state index < -0.39 is 11.6 Å². The number of rotatable bonds is 5. The summed E-state index contributed by atoms with van der Waals surface area (Å²) >= 11 is 3.18. The van der Waals surface area contributed by atoms with Crippen molar-refractivity contribution in [3.05, 3.63) is 52.1 Å². The fourth-order valence-corrected chi connectivity index (χ4v) is 2.22. The van der Waals surface area contributed by atoms with Crippen molar-refractivity contribution in [2.45, 2.75) is 25.4 Å². The lowest BCUT2D eigenvalue weighted by molar-refractivity contribution is 0.417. The minimum atomic E-state index is -0.503. The Morgan fingerprint density at radius 3 is 2.81 bits per heavy atom. The Labute approximate surface area is 129 Å². The predicted molar refractivity (Wildman–Crippen MR) is 78.2 cm³/mol. The van der Waals surface area contributed by atoms with Crippen LogP contribution in [0.4, 0.5) is 8.78 Å². The largest absolute Gasteiger partial charge is 0.436 e. The molecule has 0 spiro atoms. The van der Waals surface area contributed by atoms with Crippen LogP contribution >= 0.6 is 15.9 Å². The molecule has 0 radical (unpaired) electrons. The molecule has 0 atom stereocenters. The molecule has 1 aliphatic carbocycles. The fourth-order valence-electron chi connectivity index (χ4n) is 1.89. The molecule has 1 aliphatic rings. The average molecular weight is 355 g/mol. The Bertz CT molecular complexity index is 662. The van der Waals surface area contributed by atoms with E-state index in [4.69, 9.17) is 4.74 Å². The van der Waals surface area contributed by atoms with E-state index in [1.165, 1.54) is 18.2 Å². The maximum absolute atomic E-state index is 13.8. The quantitative estimate of drug-likeness (QED) is 0.874. The molecule has 6 heteroatoms. The highest BCUT2D eigenvalue weighted by Crippen LogP contribution is 2.28. The molecular formula is C15H13BrF2N2O. The highest BCUT2D eigenvalue weighted by molar-refractivity contribution is 9.10. The lowest BCUT2D eigenvalue weighted by Gasteiger charge is -2.11. The van der Waals surface area contributed by atoms with Gasteiger partial charge in [0.2, 0.25) is 5.88 Å². The van der Waals surface area contributed by atoms with E-state index in [1.54, 1.807) is 6.07 Å². The first-order valence-electron chi connectivity index (χ1n) is 6.62. The lowest BCUT2D eigenvalue weighted by atomic mass is 10.2. The van der Waals surface area contributed by atoms with Crippen molar-refractivity contribution in [2.75, 3.05) is 0 Å².